The summed E-state index contributed by atoms with van der Waals surface area (Å²) in [5, 5.41) is 5.83. The molecule has 0 bridgehead atoms. The van der Waals surface area contributed by atoms with E-state index in [2.05, 4.69) is 10.6 Å². The molecule has 1 saturated heterocycles. The normalized spacial score (nSPS) is 17.0. The van der Waals surface area contributed by atoms with Crippen molar-refractivity contribution >= 4 is 34.9 Å². The fourth-order valence-electron chi connectivity index (χ4n) is 2.67. The summed E-state index contributed by atoms with van der Waals surface area (Å²) in [5.41, 5.74) is 2.50. The van der Waals surface area contributed by atoms with Crippen molar-refractivity contribution in [3.05, 3.63) is 59.1 Å². The van der Waals surface area contributed by atoms with Gasteiger partial charge < -0.3 is 15.5 Å². The van der Waals surface area contributed by atoms with E-state index < -0.39 is 12.1 Å². The van der Waals surface area contributed by atoms with Crippen molar-refractivity contribution in [1.82, 2.24) is 5.32 Å². The molecule has 0 unspecified atom stereocenters. The zero-order chi connectivity index (χ0) is 17.1. The molecule has 1 heterocycles. The lowest BCUT2D eigenvalue weighted by Gasteiger charge is -2.17. The van der Waals surface area contributed by atoms with Crippen molar-refractivity contribution in [3.63, 3.8) is 0 Å². The summed E-state index contributed by atoms with van der Waals surface area (Å²) < 4.78 is 0. The predicted molar refractivity (Wildman–Crippen MR) is 95.5 cm³/mol. The Morgan fingerprint density at radius 1 is 1.17 bits per heavy atom. The Labute approximate surface area is 145 Å². The lowest BCUT2D eigenvalue weighted by atomic mass is 10.2. The van der Waals surface area contributed by atoms with Gasteiger partial charge in [0.15, 0.2) is 0 Å². The van der Waals surface area contributed by atoms with Gasteiger partial charge >= 0.3 is 6.03 Å². The highest BCUT2D eigenvalue weighted by Crippen LogP contribution is 2.23. The number of aryl methyl sites for hydroxylation is 1. The third-order valence-corrected chi connectivity index (χ3v) is 4.31. The van der Waals surface area contributed by atoms with Crippen molar-refractivity contribution in [3.8, 4) is 0 Å². The van der Waals surface area contributed by atoms with Crippen molar-refractivity contribution < 1.29 is 9.59 Å². The number of rotatable bonds is 3. The summed E-state index contributed by atoms with van der Waals surface area (Å²) in [4.78, 5) is 26.3. The molecular weight excluding hydrogens is 326 g/mol. The van der Waals surface area contributed by atoms with E-state index >= 15 is 0 Å². The molecule has 0 aromatic heterocycles. The Kier molecular flexibility index (Phi) is 4.71. The number of carbonyl (C=O) groups is 2. The van der Waals surface area contributed by atoms with Crippen LogP contribution in [0.4, 0.5) is 16.2 Å². The number of anilines is 2. The third kappa shape index (κ3) is 3.51. The topological polar surface area (TPSA) is 61.4 Å². The van der Waals surface area contributed by atoms with E-state index in [4.69, 9.17) is 11.6 Å². The van der Waals surface area contributed by atoms with Crippen molar-refractivity contribution in [2.24, 2.45) is 0 Å². The number of nitrogens with one attached hydrogen (secondary N) is 2. The molecule has 2 N–H and O–H groups in total. The van der Waals surface area contributed by atoms with E-state index in [1.54, 1.807) is 29.2 Å². The lowest BCUT2D eigenvalue weighted by molar-refractivity contribution is -0.118. The number of halogens is 1. The fraction of sp³-hybridized carbons (Fsp3) is 0.222. The molecule has 3 amide bonds. The second-order valence-corrected chi connectivity index (χ2v) is 6.15. The number of carbonyl (C=O) groups excluding carboxylic acids is 2. The van der Waals surface area contributed by atoms with Crippen LogP contribution in [-0.2, 0) is 4.79 Å². The van der Waals surface area contributed by atoms with Crippen LogP contribution in [0.1, 0.15) is 12.0 Å². The number of hydrogen-bond donors (Lipinski definition) is 2. The highest BCUT2D eigenvalue weighted by Gasteiger charge is 2.33. The molecule has 2 aromatic rings. The van der Waals surface area contributed by atoms with Gasteiger partial charge in [-0.15, -0.1) is 0 Å². The van der Waals surface area contributed by atoms with E-state index in [1.807, 2.05) is 31.2 Å². The zero-order valence-corrected chi connectivity index (χ0v) is 14.0. The molecule has 1 fully saturated rings. The molecule has 2 aromatic carbocycles. The molecule has 3 rings (SSSR count). The van der Waals surface area contributed by atoms with Gasteiger partial charge in [-0.2, -0.15) is 0 Å². The van der Waals surface area contributed by atoms with Gasteiger partial charge in [-0.05, 0) is 37.6 Å². The van der Waals surface area contributed by atoms with E-state index in [0.29, 0.717) is 23.7 Å². The number of benzene rings is 2. The minimum atomic E-state index is -0.534. The largest absolute Gasteiger partial charge is 0.326 e. The zero-order valence-electron chi connectivity index (χ0n) is 13.3. The maximum atomic E-state index is 12.5. The maximum Gasteiger partial charge on any atom is 0.319 e. The molecule has 0 radical (unpaired) electrons. The average Bonchev–Trinajstić information content (AvgIpc) is 2.91. The van der Waals surface area contributed by atoms with Gasteiger partial charge in [0, 0.05) is 12.2 Å². The summed E-state index contributed by atoms with van der Waals surface area (Å²) in [6.45, 7) is 2.58. The van der Waals surface area contributed by atoms with Crippen LogP contribution in [-0.4, -0.2) is 24.5 Å². The summed E-state index contributed by atoms with van der Waals surface area (Å²) >= 11 is 6.01. The van der Waals surface area contributed by atoms with Gasteiger partial charge in [-0.1, -0.05) is 41.4 Å². The molecule has 6 heteroatoms. The summed E-state index contributed by atoms with van der Waals surface area (Å²) in [7, 11) is 0. The van der Waals surface area contributed by atoms with Crippen LogP contribution < -0.4 is 15.5 Å². The monoisotopic (exact) mass is 343 g/mol. The Hall–Kier alpha value is -2.53. The first kappa shape index (κ1) is 16.3. The van der Waals surface area contributed by atoms with Gasteiger partial charge in [0.1, 0.15) is 6.04 Å². The molecule has 0 aliphatic carbocycles. The average molecular weight is 344 g/mol. The second kappa shape index (κ2) is 6.93. The smallest absolute Gasteiger partial charge is 0.319 e. The molecule has 0 saturated carbocycles. The number of para-hydroxylation sites is 1. The number of nitrogens with zero attached hydrogens (tertiary/aromatic N) is 1. The van der Waals surface area contributed by atoms with Crippen molar-refractivity contribution in [1.29, 1.82) is 0 Å². The Bertz CT molecular complexity index is 761. The molecule has 1 atom stereocenters. The van der Waals surface area contributed by atoms with Crippen molar-refractivity contribution in [2.45, 2.75) is 19.4 Å². The van der Waals surface area contributed by atoms with E-state index in [-0.39, 0.29) is 5.91 Å². The van der Waals surface area contributed by atoms with E-state index in [0.717, 1.165) is 11.3 Å². The van der Waals surface area contributed by atoms with Crippen LogP contribution >= 0.6 is 11.6 Å². The van der Waals surface area contributed by atoms with Crippen LogP contribution in [0.5, 0.6) is 0 Å². The Morgan fingerprint density at radius 3 is 2.58 bits per heavy atom. The third-order valence-electron chi connectivity index (χ3n) is 3.98. The number of amides is 3. The standard InChI is InChI=1S/C18H18ClN3O2/c1-12-6-8-13(9-7-12)22-11-10-16(17(22)23)21-18(24)20-15-5-3-2-4-14(15)19/h2-9,16H,10-11H2,1H3,(H2,20,21,24)/t16-/m1/s1. The predicted octanol–water partition coefficient (Wildman–Crippen LogP) is 3.58. The lowest BCUT2D eigenvalue weighted by Crippen LogP contribution is -2.43. The first-order valence-electron chi connectivity index (χ1n) is 7.74. The van der Waals surface area contributed by atoms with Crippen molar-refractivity contribution in [2.75, 3.05) is 16.8 Å². The van der Waals surface area contributed by atoms with Crippen LogP contribution in [0.2, 0.25) is 5.02 Å². The summed E-state index contributed by atoms with van der Waals surface area (Å²) in [6, 6.07) is 13.8. The quantitative estimate of drug-likeness (QED) is 0.894. The minimum absolute atomic E-state index is 0.104. The highest BCUT2D eigenvalue weighted by atomic mass is 35.5. The first-order chi connectivity index (χ1) is 11.5. The molecular formula is C18H18ClN3O2. The van der Waals surface area contributed by atoms with Crippen LogP contribution in [0.25, 0.3) is 0 Å². The SMILES string of the molecule is Cc1ccc(N2CC[C@@H](NC(=O)Nc3ccccc3Cl)C2=O)cc1. The highest BCUT2D eigenvalue weighted by molar-refractivity contribution is 6.33. The first-order valence-corrected chi connectivity index (χ1v) is 8.12. The summed E-state index contributed by atoms with van der Waals surface area (Å²) in [5.74, 6) is -0.104. The summed E-state index contributed by atoms with van der Waals surface area (Å²) in [6.07, 6.45) is 0.572. The maximum absolute atomic E-state index is 12.5. The number of urea groups is 1. The second-order valence-electron chi connectivity index (χ2n) is 5.74. The Morgan fingerprint density at radius 2 is 1.88 bits per heavy atom. The molecule has 1 aliphatic heterocycles. The molecule has 1 aliphatic rings. The van der Waals surface area contributed by atoms with Gasteiger partial charge in [0.2, 0.25) is 5.91 Å². The van der Waals surface area contributed by atoms with E-state index in [1.165, 1.54) is 0 Å². The molecule has 124 valence electrons. The van der Waals surface area contributed by atoms with Crippen LogP contribution in [0.15, 0.2) is 48.5 Å². The molecule has 0 spiro atoms. The van der Waals surface area contributed by atoms with Gasteiger partial charge in [0.25, 0.3) is 0 Å². The van der Waals surface area contributed by atoms with E-state index in [9.17, 15) is 9.59 Å². The molecule has 24 heavy (non-hydrogen) atoms. The van der Waals surface area contributed by atoms with Gasteiger partial charge in [-0.25, -0.2) is 4.79 Å². The molecule has 5 nitrogen and oxygen atoms in total. The minimum Gasteiger partial charge on any atom is -0.326 e. The Balaban J connectivity index is 1.62. The van der Waals surface area contributed by atoms with Crippen LogP contribution in [0, 0.1) is 6.92 Å². The number of hydrogen-bond acceptors (Lipinski definition) is 2. The fourth-order valence-corrected chi connectivity index (χ4v) is 2.86. The van der Waals surface area contributed by atoms with Crippen LogP contribution in [0.3, 0.4) is 0 Å². The van der Waals surface area contributed by atoms with Gasteiger partial charge in [-0.3, -0.25) is 4.79 Å². The van der Waals surface area contributed by atoms with Gasteiger partial charge in [0.05, 0.1) is 10.7 Å².